The Bertz CT molecular complexity index is 522. The third-order valence-electron chi connectivity index (χ3n) is 3.84. The lowest BCUT2D eigenvalue weighted by Gasteiger charge is -2.28. The van der Waals surface area contributed by atoms with Crippen LogP contribution < -0.4 is 11.5 Å². The second-order valence-electron chi connectivity index (χ2n) is 5.41. The lowest BCUT2D eigenvalue weighted by molar-refractivity contribution is -0.119. The Balaban J connectivity index is 2.29. The first-order valence-corrected chi connectivity index (χ1v) is 6.94. The number of aryl methyl sites for hydroxylation is 1. The molecule has 0 aromatic heterocycles. The predicted octanol–water partition coefficient (Wildman–Crippen LogP) is 1.45. The summed E-state index contributed by atoms with van der Waals surface area (Å²) in [4.78, 5) is 25.6. The number of nitrogens with zero attached hydrogens (tertiary/aromatic N) is 1. The molecule has 20 heavy (non-hydrogen) atoms. The van der Waals surface area contributed by atoms with Crippen molar-refractivity contribution in [2.24, 2.45) is 5.73 Å². The molecule has 0 heterocycles. The molecular weight excluding hydrogens is 254 g/mol. The van der Waals surface area contributed by atoms with Crippen LogP contribution in [0, 0.1) is 6.92 Å². The number of primary amides is 1. The number of amides is 2. The molecular formula is C15H21N3O2. The van der Waals surface area contributed by atoms with Crippen molar-refractivity contribution in [1.82, 2.24) is 4.90 Å². The van der Waals surface area contributed by atoms with Gasteiger partial charge in [-0.25, -0.2) is 0 Å². The van der Waals surface area contributed by atoms with E-state index in [9.17, 15) is 9.59 Å². The van der Waals surface area contributed by atoms with Crippen molar-refractivity contribution in [2.75, 3.05) is 12.3 Å². The van der Waals surface area contributed by atoms with E-state index >= 15 is 0 Å². The fraction of sp³-hybridized carbons (Fsp3) is 0.467. The van der Waals surface area contributed by atoms with Crippen LogP contribution in [0.2, 0.25) is 0 Å². The van der Waals surface area contributed by atoms with Crippen molar-refractivity contribution in [2.45, 2.75) is 38.6 Å². The molecule has 1 fully saturated rings. The summed E-state index contributed by atoms with van der Waals surface area (Å²) in [5.41, 5.74) is 13.0. The van der Waals surface area contributed by atoms with Crippen LogP contribution in [0.4, 0.5) is 5.69 Å². The van der Waals surface area contributed by atoms with Crippen LogP contribution in [-0.4, -0.2) is 29.3 Å². The van der Waals surface area contributed by atoms with E-state index in [1.807, 2.05) is 13.0 Å². The highest BCUT2D eigenvalue weighted by Crippen LogP contribution is 2.26. The highest BCUT2D eigenvalue weighted by atomic mass is 16.2. The van der Waals surface area contributed by atoms with Crippen LogP contribution in [0.15, 0.2) is 18.2 Å². The second-order valence-corrected chi connectivity index (χ2v) is 5.41. The highest BCUT2D eigenvalue weighted by molar-refractivity contribution is 5.98. The van der Waals surface area contributed by atoms with Crippen molar-refractivity contribution in [3.05, 3.63) is 29.3 Å². The molecule has 1 saturated carbocycles. The minimum absolute atomic E-state index is 0.0300. The fourth-order valence-electron chi connectivity index (χ4n) is 2.78. The van der Waals surface area contributed by atoms with Gasteiger partial charge in [-0.3, -0.25) is 9.59 Å². The summed E-state index contributed by atoms with van der Waals surface area (Å²) in [5.74, 6) is -0.632. The molecule has 5 nitrogen and oxygen atoms in total. The molecule has 1 aromatic carbocycles. The zero-order chi connectivity index (χ0) is 14.7. The minimum Gasteiger partial charge on any atom is -0.399 e. The van der Waals surface area contributed by atoms with E-state index in [4.69, 9.17) is 11.5 Å². The quantitative estimate of drug-likeness (QED) is 0.815. The first-order valence-electron chi connectivity index (χ1n) is 6.94. The van der Waals surface area contributed by atoms with Crippen molar-refractivity contribution in [3.63, 3.8) is 0 Å². The number of nitrogens with two attached hydrogens (primary N) is 2. The van der Waals surface area contributed by atoms with Gasteiger partial charge in [0.15, 0.2) is 0 Å². The molecule has 108 valence electrons. The summed E-state index contributed by atoms with van der Waals surface area (Å²) in [6, 6.07) is 5.36. The summed E-state index contributed by atoms with van der Waals surface area (Å²) < 4.78 is 0. The lowest BCUT2D eigenvalue weighted by Crippen LogP contribution is -2.44. The predicted molar refractivity (Wildman–Crippen MR) is 78.1 cm³/mol. The van der Waals surface area contributed by atoms with Gasteiger partial charge in [0.2, 0.25) is 5.91 Å². The van der Waals surface area contributed by atoms with Gasteiger partial charge in [0.25, 0.3) is 5.91 Å². The molecule has 1 aliphatic carbocycles. The summed E-state index contributed by atoms with van der Waals surface area (Å²) in [5, 5.41) is 0. The Morgan fingerprint density at radius 1 is 1.30 bits per heavy atom. The van der Waals surface area contributed by atoms with Gasteiger partial charge in [0.1, 0.15) is 0 Å². The van der Waals surface area contributed by atoms with Crippen LogP contribution >= 0.6 is 0 Å². The topological polar surface area (TPSA) is 89.4 Å². The van der Waals surface area contributed by atoms with E-state index in [2.05, 4.69) is 0 Å². The van der Waals surface area contributed by atoms with Gasteiger partial charge >= 0.3 is 0 Å². The molecule has 1 aliphatic rings. The molecule has 0 bridgehead atoms. The average molecular weight is 275 g/mol. The van der Waals surface area contributed by atoms with Crippen molar-refractivity contribution in [1.29, 1.82) is 0 Å². The van der Waals surface area contributed by atoms with E-state index in [0.29, 0.717) is 11.3 Å². The third kappa shape index (κ3) is 3.10. The first-order chi connectivity index (χ1) is 9.49. The van der Waals surface area contributed by atoms with E-state index in [1.54, 1.807) is 17.0 Å². The van der Waals surface area contributed by atoms with Gasteiger partial charge in [0.05, 0.1) is 6.54 Å². The maximum atomic E-state index is 12.7. The van der Waals surface area contributed by atoms with Gasteiger partial charge < -0.3 is 16.4 Å². The number of carbonyl (C=O) groups excluding carboxylic acids is 2. The number of nitrogen functional groups attached to an aromatic ring is 1. The number of benzene rings is 1. The van der Waals surface area contributed by atoms with E-state index in [0.717, 1.165) is 31.2 Å². The minimum atomic E-state index is -0.480. The summed E-state index contributed by atoms with van der Waals surface area (Å²) in [6.07, 6.45) is 4.03. The summed E-state index contributed by atoms with van der Waals surface area (Å²) in [6.45, 7) is 1.83. The Labute approximate surface area is 118 Å². The van der Waals surface area contributed by atoms with E-state index in [-0.39, 0.29) is 18.5 Å². The average Bonchev–Trinajstić information content (AvgIpc) is 2.91. The normalized spacial score (nSPS) is 15.2. The molecule has 0 aliphatic heterocycles. The Hall–Kier alpha value is -2.04. The number of hydrogen-bond donors (Lipinski definition) is 2. The van der Waals surface area contributed by atoms with Gasteiger partial charge in [-0.2, -0.15) is 0 Å². The standard InChI is InChI=1S/C15H21N3O2/c1-10-6-7-11(16)8-13(10)15(20)18(9-14(17)19)12-4-2-3-5-12/h6-8,12H,2-5,9,16H2,1H3,(H2,17,19). The number of anilines is 1. The summed E-state index contributed by atoms with van der Waals surface area (Å²) in [7, 11) is 0. The third-order valence-corrected chi connectivity index (χ3v) is 3.84. The zero-order valence-electron chi connectivity index (χ0n) is 11.8. The number of carbonyl (C=O) groups is 2. The maximum Gasteiger partial charge on any atom is 0.254 e. The van der Waals surface area contributed by atoms with Gasteiger partial charge in [-0.15, -0.1) is 0 Å². The first kappa shape index (κ1) is 14.4. The molecule has 0 radical (unpaired) electrons. The van der Waals surface area contributed by atoms with Crippen LogP contribution in [0.5, 0.6) is 0 Å². The molecule has 0 spiro atoms. The van der Waals surface area contributed by atoms with Crippen molar-refractivity contribution >= 4 is 17.5 Å². The van der Waals surface area contributed by atoms with E-state index in [1.165, 1.54) is 0 Å². The van der Waals surface area contributed by atoms with Crippen LogP contribution in [0.1, 0.15) is 41.6 Å². The molecule has 0 atom stereocenters. The monoisotopic (exact) mass is 275 g/mol. The molecule has 5 heteroatoms. The second kappa shape index (κ2) is 5.94. The van der Waals surface area contributed by atoms with Crippen LogP contribution in [0.3, 0.4) is 0 Å². The Kier molecular flexibility index (Phi) is 4.27. The molecule has 2 rings (SSSR count). The van der Waals surface area contributed by atoms with Crippen LogP contribution in [0.25, 0.3) is 0 Å². The van der Waals surface area contributed by atoms with Gasteiger partial charge in [-0.05, 0) is 37.5 Å². The van der Waals surface area contributed by atoms with Gasteiger partial charge in [-0.1, -0.05) is 18.9 Å². The number of hydrogen-bond acceptors (Lipinski definition) is 3. The van der Waals surface area contributed by atoms with E-state index < -0.39 is 5.91 Å². The molecule has 2 amide bonds. The number of rotatable bonds is 4. The van der Waals surface area contributed by atoms with Crippen molar-refractivity contribution < 1.29 is 9.59 Å². The zero-order valence-corrected chi connectivity index (χ0v) is 11.8. The summed E-state index contributed by atoms with van der Waals surface area (Å²) >= 11 is 0. The SMILES string of the molecule is Cc1ccc(N)cc1C(=O)N(CC(N)=O)C1CCCC1. The maximum absolute atomic E-state index is 12.7. The highest BCUT2D eigenvalue weighted by Gasteiger charge is 2.29. The molecule has 0 unspecified atom stereocenters. The largest absolute Gasteiger partial charge is 0.399 e. The van der Waals surface area contributed by atoms with Crippen molar-refractivity contribution in [3.8, 4) is 0 Å². The Morgan fingerprint density at radius 3 is 2.55 bits per heavy atom. The lowest BCUT2D eigenvalue weighted by atomic mass is 10.0. The fourth-order valence-corrected chi connectivity index (χ4v) is 2.78. The molecule has 0 saturated heterocycles. The smallest absolute Gasteiger partial charge is 0.254 e. The molecule has 4 N–H and O–H groups in total. The van der Waals surface area contributed by atoms with Crippen LogP contribution in [-0.2, 0) is 4.79 Å². The Morgan fingerprint density at radius 2 is 1.95 bits per heavy atom. The van der Waals surface area contributed by atoms with Gasteiger partial charge in [0, 0.05) is 17.3 Å². The molecule has 1 aromatic rings.